The Bertz CT molecular complexity index is 1410. The van der Waals surface area contributed by atoms with Crippen LogP contribution in [0.1, 0.15) is 33.8 Å². The van der Waals surface area contributed by atoms with E-state index in [9.17, 15) is 4.79 Å². The maximum absolute atomic E-state index is 14.4. The topological polar surface area (TPSA) is 50.6 Å². The summed E-state index contributed by atoms with van der Waals surface area (Å²) in [6, 6.07) is 24.3. The van der Waals surface area contributed by atoms with Gasteiger partial charge in [-0.15, -0.1) is 0 Å². The average Bonchev–Trinajstić information content (AvgIpc) is 3.49. The van der Waals surface area contributed by atoms with Gasteiger partial charge in [0.25, 0.3) is 5.91 Å². The van der Waals surface area contributed by atoms with Gasteiger partial charge in [0.1, 0.15) is 11.4 Å². The van der Waals surface area contributed by atoms with Crippen LogP contribution < -0.4 is 9.64 Å². The number of hydrogen-bond donors (Lipinski definition) is 0. The molecular formula is C30H30N4O2. The molecule has 1 fully saturated rings. The zero-order valence-electron chi connectivity index (χ0n) is 20.9. The molecule has 1 saturated heterocycles. The highest BCUT2D eigenvalue weighted by atomic mass is 16.5. The number of ether oxygens (including phenoxy) is 1. The number of piperidine rings is 1. The van der Waals surface area contributed by atoms with Crippen LogP contribution in [0.15, 0.2) is 79.0 Å². The lowest BCUT2D eigenvalue weighted by atomic mass is 9.88. The van der Waals surface area contributed by atoms with Crippen molar-refractivity contribution in [2.75, 3.05) is 32.1 Å². The number of amides is 1. The number of para-hydroxylation sites is 1. The second kappa shape index (κ2) is 8.95. The highest BCUT2D eigenvalue weighted by Gasteiger charge is 2.44. The molecule has 0 spiro atoms. The third-order valence-corrected chi connectivity index (χ3v) is 7.50. The number of likely N-dealkylation sites (tertiary alicyclic amines) is 1. The van der Waals surface area contributed by atoms with Crippen LogP contribution in [0.3, 0.4) is 0 Å². The first-order valence-electron chi connectivity index (χ1n) is 12.5. The van der Waals surface area contributed by atoms with Gasteiger partial charge in [0.05, 0.1) is 18.4 Å². The van der Waals surface area contributed by atoms with Crippen LogP contribution in [0, 0.1) is 6.92 Å². The minimum Gasteiger partial charge on any atom is -0.497 e. The first kappa shape index (κ1) is 22.6. The SMILES string of the molecule is COc1ccc(-c2nn(-c3ccccc3)cc2C(=O)N2c3ccc(C)cc3[C@H]3CN(C)CC[C@H]32)cc1. The van der Waals surface area contributed by atoms with Gasteiger partial charge in [-0.3, -0.25) is 4.79 Å². The van der Waals surface area contributed by atoms with Crippen LogP contribution in [0.25, 0.3) is 16.9 Å². The molecule has 1 amide bonds. The Kier molecular flexibility index (Phi) is 5.61. The maximum Gasteiger partial charge on any atom is 0.262 e. The molecule has 36 heavy (non-hydrogen) atoms. The third-order valence-electron chi connectivity index (χ3n) is 7.50. The molecule has 6 heteroatoms. The molecule has 2 atom stereocenters. The van der Waals surface area contributed by atoms with Gasteiger partial charge in [-0.1, -0.05) is 35.9 Å². The smallest absolute Gasteiger partial charge is 0.262 e. The first-order valence-corrected chi connectivity index (χ1v) is 12.5. The van der Waals surface area contributed by atoms with E-state index >= 15 is 0 Å². The van der Waals surface area contributed by atoms with Crippen LogP contribution in [0.5, 0.6) is 5.75 Å². The van der Waals surface area contributed by atoms with Crippen molar-refractivity contribution in [3.05, 3.63) is 95.7 Å². The van der Waals surface area contributed by atoms with Gasteiger partial charge in [-0.2, -0.15) is 5.10 Å². The maximum atomic E-state index is 14.4. The summed E-state index contributed by atoms with van der Waals surface area (Å²) in [5.41, 5.74) is 6.63. The molecule has 2 aliphatic heterocycles. The summed E-state index contributed by atoms with van der Waals surface area (Å²) in [7, 11) is 3.82. The van der Waals surface area contributed by atoms with Crippen LogP contribution in [-0.4, -0.2) is 53.9 Å². The number of rotatable bonds is 4. The van der Waals surface area contributed by atoms with Crippen LogP contribution in [0.2, 0.25) is 0 Å². The number of benzene rings is 3. The molecule has 0 unspecified atom stereocenters. The van der Waals surface area contributed by atoms with Gasteiger partial charge in [-0.05, 0) is 75.0 Å². The van der Waals surface area contributed by atoms with E-state index in [4.69, 9.17) is 9.84 Å². The number of carbonyl (C=O) groups excluding carboxylic acids is 1. The number of aryl methyl sites for hydroxylation is 1. The van der Waals surface area contributed by atoms with Crippen molar-refractivity contribution in [1.82, 2.24) is 14.7 Å². The molecular weight excluding hydrogens is 448 g/mol. The van der Waals surface area contributed by atoms with E-state index in [0.29, 0.717) is 17.2 Å². The second-order valence-corrected chi connectivity index (χ2v) is 9.86. The van der Waals surface area contributed by atoms with Crippen molar-refractivity contribution < 1.29 is 9.53 Å². The van der Waals surface area contributed by atoms with Crippen molar-refractivity contribution in [1.29, 1.82) is 0 Å². The molecule has 0 bridgehead atoms. The highest BCUT2D eigenvalue weighted by molar-refractivity contribution is 6.11. The predicted octanol–water partition coefficient (Wildman–Crippen LogP) is 5.30. The number of likely N-dealkylation sites (N-methyl/N-ethyl adjacent to an activating group) is 1. The van der Waals surface area contributed by atoms with E-state index in [-0.39, 0.29) is 11.9 Å². The summed E-state index contributed by atoms with van der Waals surface area (Å²) in [6.07, 6.45) is 2.83. The lowest BCUT2D eigenvalue weighted by Gasteiger charge is -2.36. The van der Waals surface area contributed by atoms with Crippen LogP contribution in [-0.2, 0) is 0 Å². The van der Waals surface area contributed by atoms with Crippen molar-refractivity contribution >= 4 is 11.6 Å². The number of carbonyl (C=O) groups is 1. The normalized spacial score (nSPS) is 19.1. The molecule has 6 rings (SSSR count). The number of fused-ring (bicyclic) bond motifs is 3. The molecule has 0 aliphatic carbocycles. The number of anilines is 1. The zero-order valence-corrected chi connectivity index (χ0v) is 20.9. The predicted molar refractivity (Wildman–Crippen MR) is 142 cm³/mol. The van der Waals surface area contributed by atoms with Gasteiger partial charge in [-0.25, -0.2) is 4.68 Å². The second-order valence-electron chi connectivity index (χ2n) is 9.86. The molecule has 182 valence electrons. The monoisotopic (exact) mass is 478 g/mol. The Morgan fingerprint density at radius 2 is 1.81 bits per heavy atom. The fraction of sp³-hybridized carbons (Fsp3) is 0.267. The first-order chi connectivity index (χ1) is 17.5. The van der Waals surface area contributed by atoms with Crippen molar-refractivity contribution in [2.24, 2.45) is 0 Å². The van der Waals surface area contributed by atoms with Gasteiger partial charge in [0.2, 0.25) is 0 Å². The van der Waals surface area contributed by atoms with Gasteiger partial charge >= 0.3 is 0 Å². The number of hydrogen-bond acceptors (Lipinski definition) is 4. The molecule has 0 saturated carbocycles. The minimum atomic E-state index is 0.00477. The number of aromatic nitrogens is 2. The molecule has 0 radical (unpaired) electrons. The average molecular weight is 479 g/mol. The van der Waals surface area contributed by atoms with Gasteiger partial charge < -0.3 is 14.5 Å². The summed E-state index contributed by atoms with van der Waals surface area (Å²) in [5, 5.41) is 4.90. The largest absolute Gasteiger partial charge is 0.497 e. The van der Waals surface area contributed by atoms with Crippen molar-refractivity contribution in [3.63, 3.8) is 0 Å². The molecule has 6 nitrogen and oxygen atoms in total. The summed E-state index contributed by atoms with van der Waals surface area (Å²) in [5.74, 6) is 1.09. The summed E-state index contributed by atoms with van der Waals surface area (Å²) in [4.78, 5) is 18.8. The zero-order chi connectivity index (χ0) is 24.8. The standard InChI is InChI=1S/C30H30N4O2/c1-20-9-14-27-24(17-20)25-18-32(2)16-15-28(25)34(27)30(35)26-19-33(22-7-5-4-6-8-22)31-29(26)21-10-12-23(36-3)13-11-21/h4-14,17,19,25,28H,15-16,18H2,1-3H3/t25-,28-/m1/s1. The number of methoxy groups -OCH3 is 1. The fourth-order valence-electron chi connectivity index (χ4n) is 5.68. The molecule has 3 heterocycles. The Labute approximate surface area is 211 Å². The van der Waals surface area contributed by atoms with E-state index in [2.05, 4.69) is 37.1 Å². The number of nitrogens with zero attached hydrogens (tertiary/aromatic N) is 4. The Morgan fingerprint density at radius 1 is 1.03 bits per heavy atom. The molecule has 3 aromatic carbocycles. The van der Waals surface area contributed by atoms with E-state index in [1.54, 1.807) is 7.11 Å². The molecule has 4 aromatic rings. The highest BCUT2D eigenvalue weighted by Crippen LogP contribution is 2.46. The summed E-state index contributed by atoms with van der Waals surface area (Å²) < 4.78 is 7.16. The Morgan fingerprint density at radius 3 is 2.56 bits per heavy atom. The van der Waals surface area contributed by atoms with E-state index in [1.807, 2.05) is 70.4 Å². The lowest BCUT2D eigenvalue weighted by molar-refractivity contribution is 0.0965. The van der Waals surface area contributed by atoms with Crippen LogP contribution in [0.4, 0.5) is 5.69 Å². The summed E-state index contributed by atoms with van der Waals surface area (Å²) in [6.45, 7) is 4.06. The van der Waals surface area contributed by atoms with Crippen molar-refractivity contribution in [2.45, 2.75) is 25.3 Å². The van der Waals surface area contributed by atoms with E-state index in [1.165, 1.54) is 11.1 Å². The van der Waals surface area contributed by atoms with E-state index < -0.39 is 0 Å². The Balaban J connectivity index is 1.48. The van der Waals surface area contributed by atoms with Gasteiger partial charge in [0, 0.05) is 36.0 Å². The summed E-state index contributed by atoms with van der Waals surface area (Å²) >= 11 is 0. The van der Waals surface area contributed by atoms with E-state index in [0.717, 1.165) is 42.2 Å². The van der Waals surface area contributed by atoms with Crippen LogP contribution >= 0.6 is 0 Å². The van der Waals surface area contributed by atoms with Gasteiger partial charge in [0.15, 0.2) is 0 Å². The van der Waals surface area contributed by atoms with Crippen molar-refractivity contribution in [3.8, 4) is 22.7 Å². The lowest BCUT2D eigenvalue weighted by Crippen LogP contribution is -2.47. The third kappa shape index (κ3) is 3.78. The fourth-order valence-corrected chi connectivity index (χ4v) is 5.68. The molecule has 0 N–H and O–H groups in total. The molecule has 2 aliphatic rings. The molecule has 1 aromatic heterocycles. The quantitative estimate of drug-likeness (QED) is 0.399. The Hall–Kier alpha value is -3.90. The minimum absolute atomic E-state index is 0.00477.